The lowest BCUT2D eigenvalue weighted by atomic mass is 9.89. The zero-order valence-corrected chi connectivity index (χ0v) is 20.9. The monoisotopic (exact) mass is 525 g/mol. The lowest BCUT2D eigenvalue weighted by molar-refractivity contribution is -0.129. The van der Waals surface area contributed by atoms with E-state index in [4.69, 9.17) is 17.3 Å². The SMILES string of the molecule is N#CC(N)[C@H](C[C@@H]1CCCNC1=O)NC(=O)[C@H](Cc1ccc(F)cc1)NC(=O)/C=C/c1ccc(Cl)cc1. The number of rotatable bonds is 10. The van der Waals surface area contributed by atoms with Gasteiger partial charge in [0.2, 0.25) is 17.7 Å². The number of nitriles is 1. The van der Waals surface area contributed by atoms with Crippen molar-refractivity contribution in [3.05, 3.63) is 76.6 Å². The minimum absolute atomic E-state index is 0.0745. The van der Waals surface area contributed by atoms with E-state index in [9.17, 15) is 24.0 Å². The number of carbonyl (C=O) groups is 3. The summed E-state index contributed by atoms with van der Waals surface area (Å²) in [6.07, 6.45) is 4.56. The maximum absolute atomic E-state index is 13.4. The highest BCUT2D eigenvalue weighted by molar-refractivity contribution is 6.30. The van der Waals surface area contributed by atoms with E-state index in [1.807, 2.05) is 6.07 Å². The molecule has 1 aliphatic rings. The Hall–Kier alpha value is -3.74. The van der Waals surface area contributed by atoms with Gasteiger partial charge in [0.05, 0.1) is 12.1 Å². The Balaban J connectivity index is 1.75. The Bertz CT molecular complexity index is 1160. The maximum Gasteiger partial charge on any atom is 0.244 e. The number of hydrogen-bond acceptors (Lipinski definition) is 5. The molecule has 1 unspecified atom stereocenters. The van der Waals surface area contributed by atoms with Gasteiger partial charge >= 0.3 is 0 Å². The Morgan fingerprint density at radius 2 is 1.89 bits per heavy atom. The second kappa shape index (κ2) is 13.5. The number of halogens is 2. The number of amides is 3. The lowest BCUT2D eigenvalue weighted by Gasteiger charge is -2.29. The van der Waals surface area contributed by atoms with Crippen molar-refractivity contribution in [1.82, 2.24) is 16.0 Å². The average molecular weight is 526 g/mol. The maximum atomic E-state index is 13.4. The van der Waals surface area contributed by atoms with Crippen molar-refractivity contribution in [2.24, 2.45) is 11.7 Å². The first kappa shape index (κ1) is 27.8. The number of nitrogens with zero attached hydrogens (tertiary/aromatic N) is 1. The van der Waals surface area contributed by atoms with Crippen molar-refractivity contribution < 1.29 is 18.8 Å². The van der Waals surface area contributed by atoms with E-state index in [0.717, 1.165) is 12.0 Å². The summed E-state index contributed by atoms with van der Waals surface area (Å²) in [5, 5.41) is 18.2. The third-order valence-corrected chi connectivity index (χ3v) is 6.38. The van der Waals surface area contributed by atoms with Crippen molar-refractivity contribution in [3.63, 3.8) is 0 Å². The van der Waals surface area contributed by atoms with Gasteiger partial charge in [-0.25, -0.2) is 4.39 Å². The third kappa shape index (κ3) is 8.70. The molecule has 37 heavy (non-hydrogen) atoms. The summed E-state index contributed by atoms with van der Waals surface area (Å²) in [6.45, 7) is 0.589. The highest BCUT2D eigenvalue weighted by atomic mass is 35.5. The van der Waals surface area contributed by atoms with Crippen LogP contribution in [0.1, 0.15) is 30.4 Å². The highest BCUT2D eigenvalue weighted by Gasteiger charge is 2.31. The fraction of sp³-hybridized carbons (Fsp3) is 0.333. The first-order valence-corrected chi connectivity index (χ1v) is 12.3. The number of nitrogens with one attached hydrogen (secondary N) is 3. The van der Waals surface area contributed by atoms with Crippen molar-refractivity contribution in [3.8, 4) is 6.07 Å². The molecule has 10 heteroatoms. The third-order valence-electron chi connectivity index (χ3n) is 6.13. The summed E-state index contributed by atoms with van der Waals surface area (Å²) in [4.78, 5) is 38.2. The molecule has 0 radical (unpaired) electrons. The average Bonchev–Trinajstić information content (AvgIpc) is 2.89. The van der Waals surface area contributed by atoms with E-state index < -0.39 is 35.8 Å². The second-order valence-electron chi connectivity index (χ2n) is 8.91. The van der Waals surface area contributed by atoms with Crippen LogP contribution in [0.5, 0.6) is 0 Å². The molecule has 194 valence electrons. The fourth-order valence-corrected chi connectivity index (χ4v) is 4.19. The summed E-state index contributed by atoms with van der Waals surface area (Å²) in [5.41, 5.74) is 7.33. The molecule has 0 spiro atoms. The molecule has 0 saturated carbocycles. The minimum Gasteiger partial charge on any atom is -0.356 e. The molecule has 0 aromatic heterocycles. The molecule has 1 heterocycles. The van der Waals surface area contributed by atoms with E-state index in [2.05, 4.69) is 16.0 Å². The van der Waals surface area contributed by atoms with Crippen LogP contribution >= 0.6 is 11.6 Å². The van der Waals surface area contributed by atoms with Gasteiger partial charge in [0, 0.05) is 30.0 Å². The Morgan fingerprint density at radius 3 is 2.54 bits per heavy atom. The van der Waals surface area contributed by atoms with Gasteiger partial charge in [0.1, 0.15) is 17.9 Å². The van der Waals surface area contributed by atoms with E-state index >= 15 is 0 Å². The lowest BCUT2D eigenvalue weighted by Crippen LogP contribution is -2.55. The van der Waals surface area contributed by atoms with Crippen LogP contribution in [0, 0.1) is 23.1 Å². The van der Waals surface area contributed by atoms with Crippen LogP contribution in [0.25, 0.3) is 6.08 Å². The van der Waals surface area contributed by atoms with Crippen LogP contribution in [0.3, 0.4) is 0 Å². The van der Waals surface area contributed by atoms with E-state index in [1.165, 1.54) is 30.3 Å². The van der Waals surface area contributed by atoms with E-state index in [0.29, 0.717) is 23.6 Å². The standard InChI is InChI=1S/C27H29ClFN5O3/c28-20-8-3-17(4-9-20)7-12-25(35)33-24(14-18-5-10-21(29)11-6-18)27(37)34-23(22(31)16-30)15-19-2-1-13-32-26(19)36/h3-12,19,22-24H,1-2,13-15,31H2,(H,32,36)(H,33,35)(H,34,37)/b12-7+/t19-,22?,23-,24-/m0/s1. The molecular formula is C27H29ClFN5O3. The second-order valence-corrected chi connectivity index (χ2v) is 9.35. The molecule has 2 aromatic rings. The van der Waals surface area contributed by atoms with Crippen LogP contribution in [-0.4, -0.2) is 42.4 Å². The van der Waals surface area contributed by atoms with Gasteiger partial charge in [-0.2, -0.15) is 5.26 Å². The molecule has 8 nitrogen and oxygen atoms in total. The summed E-state index contributed by atoms with van der Waals surface area (Å²) in [5.74, 6) is -2.04. The normalized spacial score (nSPS) is 17.8. The molecular weight excluding hydrogens is 497 g/mol. The van der Waals surface area contributed by atoms with Crippen LogP contribution < -0.4 is 21.7 Å². The minimum atomic E-state index is -1.05. The first-order valence-electron chi connectivity index (χ1n) is 12.0. The molecule has 3 amide bonds. The Labute approximate surface area is 220 Å². The van der Waals surface area contributed by atoms with Crippen LogP contribution in [0.15, 0.2) is 54.6 Å². The number of carbonyl (C=O) groups excluding carboxylic acids is 3. The van der Waals surface area contributed by atoms with Crippen LogP contribution in [0.2, 0.25) is 5.02 Å². The van der Waals surface area contributed by atoms with Crippen molar-refractivity contribution >= 4 is 35.4 Å². The van der Waals surface area contributed by atoms with Gasteiger partial charge in [0.15, 0.2) is 0 Å². The van der Waals surface area contributed by atoms with Gasteiger partial charge in [-0.05, 0) is 60.7 Å². The smallest absolute Gasteiger partial charge is 0.244 e. The molecule has 1 saturated heterocycles. The Kier molecular flexibility index (Phi) is 10.2. The zero-order chi connectivity index (χ0) is 26.8. The molecule has 3 rings (SSSR count). The van der Waals surface area contributed by atoms with Gasteiger partial charge in [-0.1, -0.05) is 35.9 Å². The molecule has 1 aliphatic heterocycles. The molecule has 5 N–H and O–H groups in total. The Morgan fingerprint density at radius 1 is 1.19 bits per heavy atom. The number of nitrogens with two attached hydrogens (primary N) is 1. The van der Waals surface area contributed by atoms with Crippen molar-refractivity contribution in [2.45, 2.75) is 43.8 Å². The molecule has 1 fully saturated rings. The van der Waals surface area contributed by atoms with Crippen molar-refractivity contribution in [1.29, 1.82) is 5.26 Å². The van der Waals surface area contributed by atoms with Crippen LogP contribution in [-0.2, 0) is 20.8 Å². The van der Waals surface area contributed by atoms with Crippen LogP contribution in [0.4, 0.5) is 4.39 Å². The van der Waals surface area contributed by atoms with Gasteiger partial charge in [-0.15, -0.1) is 0 Å². The predicted octanol–water partition coefficient (Wildman–Crippen LogP) is 2.47. The highest BCUT2D eigenvalue weighted by Crippen LogP contribution is 2.19. The number of hydrogen-bond donors (Lipinski definition) is 4. The van der Waals surface area contributed by atoms with E-state index in [-0.39, 0.29) is 24.7 Å². The van der Waals surface area contributed by atoms with Crippen molar-refractivity contribution in [2.75, 3.05) is 6.54 Å². The fourth-order valence-electron chi connectivity index (χ4n) is 4.07. The van der Waals surface area contributed by atoms with Gasteiger partial charge in [-0.3, -0.25) is 14.4 Å². The first-order chi connectivity index (χ1) is 17.7. The predicted molar refractivity (Wildman–Crippen MR) is 138 cm³/mol. The zero-order valence-electron chi connectivity index (χ0n) is 20.1. The molecule has 4 atom stereocenters. The summed E-state index contributed by atoms with van der Waals surface area (Å²) >= 11 is 5.89. The van der Waals surface area contributed by atoms with Gasteiger partial charge in [0.25, 0.3) is 0 Å². The summed E-state index contributed by atoms with van der Waals surface area (Å²) in [7, 11) is 0. The summed E-state index contributed by atoms with van der Waals surface area (Å²) < 4.78 is 13.4. The summed E-state index contributed by atoms with van der Waals surface area (Å²) in [6, 6.07) is 11.5. The van der Waals surface area contributed by atoms with Gasteiger partial charge < -0.3 is 21.7 Å². The molecule has 2 aromatic carbocycles. The number of piperidine rings is 1. The van der Waals surface area contributed by atoms with E-state index in [1.54, 1.807) is 30.3 Å². The largest absolute Gasteiger partial charge is 0.356 e. The molecule has 0 bridgehead atoms. The number of benzene rings is 2. The topological polar surface area (TPSA) is 137 Å². The quantitative estimate of drug-likeness (QED) is 0.353. The molecule has 0 aliphatic carbocycles.